The molecule has 1 N–H and O–H groups in total. The van der Waals surface area contributed by atoms with Crippen molar-refractivity contribution in [2.75, 3.05) is 19.6 Å². The first-order chi connectivity index (χ1) is 12.1. The van der Waals surface area contributed by atoms with E-state index in [-0.39, 0.29) is 24.1 Å². The van der Waals surface area contributed by atoms with Crippen molar-refractivity contribution in [2.24, 2.45) is 0 Å². The lowest BCUT2D eigenvalue weighted by Gasteiger charge is -2.39. The molecule has 142 valence electrons. The maximum Gasteiger partial charge on any atom is 0.123 e. The summed E-state index contributed by atoms with van der Waals surface area (Å²) in [5, 5.41) is 11.8. The van der Waals surface area contributed by atoms with Crippen LogP contribution in [-0.4, -0.2) is 29.6 Å². The number of benzene rings is 2. The van der Waals surface area contributed by atoms with Gasteiger partial charge in [-0.25, -0.2) is 4.39 Å². The normalized spacial score (nSPS) is 18.1. The molecule has 1 saturated heterocycles. The molecular weight excluding hydrogens is 349 g/mol. The fraction of sp³-hybridized carbons (Fsp3) is 0.455. The number of hydrogen-bond donors (Lipinski definition) is 1. The van der Waals surface area contributed by atoms with Crippen LogP contribution in [0.1, 0.15) is 49.7 Å². The molecule has 2 aromatic rings. The minimum absolute atomic E-state index is 0. The van der Waals surface area contributed by atoms with Crippen LogP contribution in [-0.2, 0) is 5.60 Å². The molecule has 0 radical (unpaired) electrons. The van der Waals surface area contributed by atoms with Gasteiger partial charge in [0.25, 0.3) is 0 Å². The molecule has 1 heterocycles. The Morgan fingerprint density at radius 3 is 2.23 bits per heavy atom. The fourth-order valence-electron chi connectivity index (χ4n) is 4.08. The van der Waals surface area contributed by atoms with Crippen LogP contribution in [0.25, 0.3) is 0 Å². The van der Waals surface area contributed by atoms with Crippen LogP contribution in [0.4, 0.5) is 4.39 Å². The molecule has 1 fully saturated rings. The van der Waals surface area contributed by atoms with Gasteiger partial charge in [-0.05, 0) is 55.6 Å². The molecule has 0 aliphatic carbocycles. The zero-order valence-corrected chi connectivity index (χ0v) is 16.2. The summed E-state index contributed by atoms with van der Waals surface area (Å²) in [6.07, 6.45) is 3.98. The Hall–Kier alpha value is -1.42. The second-order valence-corrected chi connectivity index (χ2v) is 7.15. The molecule has 1 aliphatic rings. The first-order valence-corrected chi connectivity index (χ1v) is 9.39. The van der Waals surface area contributed by atoms with E-state index in [9.17, 15) is 9.50 Å². The first kappa shape index (κ1) is 20.9. The van der Waals surface area contributed by atoms with Crippen LogP contribution in [0, 0.1) is 5.82 Å². The Labute approximate surface area is 162 Å². The summed E-state index contributed by atoms with van der Waals surface area (Å²) in [7, 11) is 0. The lowest BCUT2D eigenvalue weighted by Crippen LogP contribution is -2.40. The molecule has 0 amide bonds. The third-order valence-electron chi connectivity index (χ3n) is 5.39. The van der Waals surface area contributed by atoms with E-state index in [2.05, 4.69) is 24.0 Å². The maximum absolute atomic E-state index is 13.4. The largest absolute Gasteiger partial charge is 0.384 e. The molecule has 2 atom stereocenters. The van der Waals surface area contributed by atoms with Gasteiger partial charge in [0, 0.05) is 12.5 Å². The highest BCUT2D eigenvalue weighted by molar-refractivity contribution is 5.85. The van der Waals surface area contributed by atoms with Gasteiger partial charge < -0.3 is 10.0 Å². The number of likely N-dealkylation sites (tertiary alicyclic amines) is 1. The number of halogens is 2. The standard InChI is InChI=1S/C22H28FNO.ClH/c1-2-14-22(25,19-10-12-20(23)13-11-19)21(17-24-15-6-7-16-24)18-8-4-3-5-9-18;/h3-5,8-13,21,25H,2,6-7,14-17H2,1H3;1H. The van der Waals surface area contributed by atoms with Crippen LogP contribution in [0.2, 0.25) is 0 Å². The van der Waals surface area contributed by atoms with E-state index in [4.69, 9.17) is 0 Å². The van der Waals surface area contributed by atoms with Crippen molar-refractivity contribution < 1.29 is 9.50 Å². The molecule has 2 nitrogen and oxygen atoms in total. The average molecular weight is 378 g/mol. The molecule has 3 rings (SSSR count). The van der Waals surface area contributed by atoms with Crippen molar-refractivity contribution >= 4 is 12.4 Å². The van der Waals surface area contributed by atoms with E-state index < -0.39 is 5.60 Å². The summed E-state index contributed by atoms with van der Waals surface area (Å²) in [6.45, 7) is 5.11. The highest BCUT2D eigenvalue weighted by atomic mass is 35.5. The summed E-state index contributed by atoms with van der Waals surface area (Å²) in [5.41, 5.74) is 0.963. The number of nitrogens with zero attached hydrogens (tertiary/aromatic N) is 1. The molecular formula is C22H29ClFNO. The molecule has 4 heteroatoms. The van der Waals surface area contributed by atoms with E-state index in [0.717, 1.165) is 37.2 Å². The smallest absolute Gasteiger partial charge is 0.123 e. The molecule has 1 aliphatic heterocycles. The lowest BCUT2D eigenvalue weighted by molar-refractivity contribution is -0.0118. The summed E-state index contributed by atoms with van der Waals surface area (Å²) >= 11 is 0. The Kier molecular flexibility index (Phi) is 7.63. The topological polar surface area (TPSA) is 23.5 Å². The van der Waals surface area contributed by atoms with Gasteiger partial charge in [-0.3, -0.25) is 0 Å². The van der Waals surface area contributed by atoms with Gasteiger partial charge in [-0.1, -0.05) is 55.8 Å². The van der Waals surface area contributed by atoms with Crippen molar-refractivity contribution in [3.8, 4) is 0 Å². The van der Waals surface area contributed by atoms with Crippen molar-refractivity contribution in [3.05, 3.63) is 71.5 Å². The fourth-order valence-corrected chi connectivity index (χ4v) is 4.08. The Morgan fingerprint density at radius 2 is 1.65 bits per heavy atom. The summed E-state index contributed by atoms with van der Waals surface area (Å²) in [5.74, 6) is -0.296. The molecule has 26 heavy (non-hydrogen) atoms. The summed E-state index contributed by atoms with van der Waals surface area (Å²) < 4.78 is 13.4. The quantitative estimate of drug-likeness (QED) is 0.724. The van der Waals surface area contributed by atoms with Crippen LogP contribution in [0.5, 0.6) is 0 Å². The third-order valence-corrected chi connectivity index (χ3v) is 5.39. The van der Waals surface area contributed by atoms with Crippen molar-refractivity contribution in [3.63, 3.8) is 0 Å². The zero-order valence-electron chi connectivity index (χ0n) is 15.4. The van der Waals surface area contributed by atoms with E-state index in [0.29, 0.717) is 6.42 Å². The van der Waals surface area contributed by atoms with Gasteiger partial charge >= 0.3 is 0 Å². The second-order valence-electron chi connectivity index (χ2n) is 7.15. The monoisotopic (exact) mass is 377 g/mol. The van der Waals surface area contributed by atoms with Gasteiger partial charge in [0.05, 0.1) is 5.60 Å². The van der Waals surface area contributed by atoms with E-state index in [1.165, 1.54) is 25.0 Å². The maximum atomic E-state index is 13.4. The first-order valence-electron chi connectivity index (χ1n) is 9.39. The van der Waals surface area contributed by atoms with Crippen molar-refractivity contribution in [2.45, 2.75) is 44.1 Å². The SMILES string of the molecule is CCCC(O)(c1ccc(F)cc1)C(CN1CCCC1)c1ccccc1.Cl. The van der Waals surface area contributed by atoms with Gasteiger partial charge in [-0.2, -0.15) is 0 Å². The van der Waals surface area contributed by atoms with Crippen LogP contribution in [0.15, 0.2) is 54.6 Å². The number of hydrogen-bond acceptors (Lipinski definition) is 2. The van der Waals surface area contributed by atoms with Crippen LogP contribution in [0.3, 0.4) is 0 Å². The minimum Gasteiger partial charge on any atom is -0.384 e. The molecule has 0 saturated carbocycles. The molecule has 2 aromatic carbocycles. The molecule has 0 spiro atoms. The highest BCUT2D eigenvalue weighted by Crippen LogP contribution is 2.41. The molecule has 0 bridgehead atoms. The molecule has 0 aromatic heterocycles. The van der Waals surface area contributed by atoms with Crippen LogP contribution < -0.4 is 0 Å². The van der Waals surface area contributed by atoms with Gasteiger partial charge in [0.1, 0.15) is 5.82 Å². The molecule has 2 unspecified atom stereocenters. The Bertz CT molecular complexity index is 658. The summed E-state index contributed by atoms with van der Waals surface area (Å²) in [6, 6.07) is 16.7. The zero-order chi connectivity index (χ0) is 17.7. The lowest BCUT2D eigenvalue weighted by atomic mass is 9.74. The van der Waals surface area contributed by atoms with Crippen molar-refractivity contribution in [1.82, 2.24) is 4.90 Å². The van der Waals surface area contributed by atoms with Gasteiger partial charge in [-0.15, -0.1) is 12.4 Å². The predicted octanol–water partition coefficient (Wildman–Crippen LogP) is 5.11. The van der Waals surface area contributed by atoms with E-state index >= 15 is 0 Å². The van der Waals surface area contributed by atoms with E-state index in [1.807, 2.05) is 18.2 Å². The Balaban J connectivity index is 0.00000243. The number of aliphatic hydroxyl groups is 1. The van der Waals surface area contributed by atoms with Crippen LogP contribution >= 0.6 is 12.4 Å². The van der Waals surface area contributed by atoms with Gasteiger partial charge in [0.2, 0.25) is 0 Å². The third kappa shape index (κ3) is 4.64. The Morgan fingerprint density at radius 1 is 1.04 bits per heavy atom. The second kappa shape index (κ2) is 9.50. The summed E-state index contributed by atoms with van der Waals surface area (Å²) in [4.78, 5) is 2.45. The average Bonchev–Trinajstić information content (AvgIpc) is 3.14. The van der Waals surface area contributed by atoms with Crippen molar-refractivity contribution in [1.29, 1.82) is 0 Å². The highest BCUT2D eigenvalue weighted by Gasteiger charge is 2.39. The van der Waals surface area contributed by atoms with E-state index in [1.54, 1.807) is 12.1 Å². The predicted molar refractivity (Wildman–Crippen MR) is 107 cm³/mol. The minimum atomic E-state index is -0.994. The number of rotatable bonds is 7. The van der Waals surface area contributed by atoms with Gasteiger partial charge in [0.15, 0.2) is 0 Å².